The van der Waals surface area contributed by atoms with Crippen LogP contribution in [0.1, 0.15) is 12.5 Å². The van der Waals surface area contributed by atoms with E-state index >= 15 is 0 Å². The van der Waals surface area contributed by atoms with E-state index in [1.165, 1.54) is 20.2 Å². The van der Waals surface area contributed by atoms with Crippen molar-refractivity contribution in [2.45, 2.75) is 6.92 Å². The summed E-state index contributed by atoms with van der Waals surface area (Å²) in [4.78, 5) is 0. The molecule has 0 radical (unpaired) electrons. The second-order valence-electron chi connectivity index (χ2n) is 3.83. The third-order valence-electron chi connectivity index (χ3n) is 2.70. The van der Waals surface area contributed by atoms with Crippen LogP contribution in [0.4, 0.5) is 0 Å². The molecule has 0 saturated heterocycles. The van der Waals surface area contributed by atoms with Crippen LogP contribution in [-0.4, -0.2) is 0 Å². The van der Waals surface area contributed by atoms with Gasteiger partial charge in [-0.3, -0.25) is 0 Å². The van der Waals surface area contributed by atoms with Crippen LogP contribution < -0.4 is 0 Å². The minimum atomic E-state index is 1.08. The molecule has 0 saturated carbocycles. The van der Waals surface area contributed by atoms with E-state index in [0.717, 1.165) is 10.0 Å². The van der Waals surface area contributed by atoms with Crippen molar-refractivity contribution in [1.82, 2.24) is 0 Å². The SMILES string of the molecule is CC#Cc1ccc2sc3ccc(Br)cc3c2c1. The molecule has 1 heterocycles. The van der Waals surface area contributed by atoms with Gasteiger partial charge in [-0.1, -0.05) is 21.9 Å². The number of thiophene rings is 1. The Kier molecular flexibility index (Phi) is 2.66. The molecule has 0 unspecified atom stereocenters. The predicted molar refractivity (Wildman–Crippen MR) is 79.6 cm³/mol. The first-order valence-electron chi connectivity index (χ1n) is 5.32. The van der Waals surface area contributed by atoms with Crippen molar-refractivity contribution in [2.75, 3.05) is 0 Å². The summed E-state index contributed by atoms with van der Waals surface area (Å²) in [6.45, 7) is 1.87. The lowest BCUT2D eigenvalue weighted by Gasteiger charge is -1.94. The summed E-state index contributed by atoms with van der Waals surface area (Å²) in [7, 11) is 0. The van der Waals surface area contributed by atoms with Gasteiger partial charge < -0.3 is 0 Å². The summed E-state index contributed by atoms with van der Waals surface area (Å²) in [6, 6.07) is 12.9. The molecule has 2 aromatic carbocycles. The molecular weight excluding hydrogens is 292 g/mol. The maximum atomic E-state index is 3.53. The maximum Gasteiger partial charge on any atom is 0.0356 e. The first kappa shape index (κ1) is 10.8. The molecule has 0 aliphatic carbocycles. The van der Waals surface area contributed by atoms with Gasteiger partial charge in [-0.25, -0.2) is 0 Å². The molecule has 3 rings (SSSR count). The Balaban J connectivity index is 2.42. The molecule has 2 heteroatoms. The molecule has 0 fully saturated rings. The zero-order chi connectivity index (χ0) is 11.8. The number of halogens is 1. The maximum absolute atomic E-state index is 3.53. The van der Waals surface area contributed by atoms with Gasteiger partial charge in [0.05, 0.1) is 0 Å². The highest BCUT2D eigenvalue weighted by atomic mass is 79.9. The van der Waals surface area contributed by atoms with Crippen molar-refractivity contribution in [3.8, 4) is 11.8 Å². The molecular formula is C15H9BrS. The molecule has 0 aliphatic rings. The lowest BCUT2D eigenvalue weighted by Crippen LogP contribution is -1.73. The highest BCUT2D eigenvalue weighted by Crippen LogP contribution is 2.35. The van der Waals surface area contributed by atoms with Gasteiger partial charge in [-0.05, 0) is 43.3 Å². The van der Waals surface area contributed by atoms with Gasteiger partial charge in [0.15, 0.2) is 0 Å². The molecule has 1 aromatic heterocycles. The molecule has 0 aliphatic heterocycles. The van der Waals surface area contributed by atoms with Gasteiger partial charge in [-0.2, -0.15) is 0 Å². The molecule has 0 atom stereocenters. The molecule has 0 amide bonds. The van der Waals surface area contributed by atoms with Crippen LogP contribution in [0.3, 0.4) is 0 Å². The molecule has 3 aromatic rings. The normalized spacial score (nSPS) is 10.5. The zero-order valence-electron chi connectivity index (χ0n) is 9.25. The van der Waals surface area contributed by atoms with Crippen molar-refractivity contribution in [3.63, 3.8) is 0 Å². The van der Waals surface area contributed by atoms with Gasteiger partial charge in [0.1, 0.15) is 0 Å². The van der Waals surface area contributed by atoms with E-state index < -0.39 is 0 Å². The number of rotatable bonds is 0. The monoisotopic (exact) mass is 300 g/mol. The largest absolute Gasteiger partial charge is 0.135 e. The topological polar surface area (TPSA) is 0 Å². The second-order valence-corrected chi connectivity index (χ2v) is 5.83. The van der Waals surface area contributed by atoms with E-state index in [-0.39, 0.29) is 0 Å². The van der Waals surface area contributed by atoms with E-state index in [4.69, 9.17) is 0 Å². The fourth-order valence-electron chi connectivity index (χ4n) is 1.97. The first-order valence-corrected chi connectivity index (χ1v) is 6.93. The van der Waals surface area contributed by atoms with Crippen LogP contribution in [0.15, 0.2) is 40.9 Å². The van der Waals surface area contributed by atoms with Crippen molar-refractivity contribution in [1.29, 1.82) is 0 Å². The van der Waals surface area contributed by atoms with Crippen LogP contribution in [0.25, 0.3) is 20.2 Å². The molecule has 0 bridgehead atoms. The smallest absolute Gasteiger partial charge is 0.0356 e. The Morgan fingerprint density at radius 1 is 1.00 bits per heavy atom. The minimum absolute atomic E-state index is 1.08. The summed E-state index contributed by atoms with van der Waals surface area (Å²) < 4.78 is 3.77. The molecule has 0 nitrogen and oxygen atoms in total. The Hall–Kier alpha value is -1.30. The van der Waals surface area contributed by atoms with E-state index in [1.807, 2.05) is 18.3 Å². The Labute approximate surface area is 112 Å². The Bertz CT molecular complexity index is 772. The van der Waals surface area contributed by atoms with Crippen molar-refractivity contribution in [2.24, 2.45) is 0 Å². The summed E-state index contributed by atoms with van der Waals surface area (Å²) in [5, 5.41) is 2.60. The minimum Gasteiger partial charge on any atom is -0.135 e. The summed E-state index contributed by atoms with van der Waals surface area (Å²) >= 11 is 5.36. The number of benzene rings is 2. The number of hydrogen-bond acceptors (Lipinski definition) is 1. The van der Waals surface area contributed by atoms with Gasteiger partial charge >= 0.3 is 0 Å². The van der Waals surface area contributed by atoms with Crippen LogP contribution in [0.5, 0.6) is 0 Å². The lowest BCUT2D eigenvalue weighted by atomic mass is 10.1. The van der Waals surface area contributed by atoms with Crippen molar-refractivity contribution in [3.05, 3.63) is 46.4 Å². The summed E-state index contributed by atoms with van der Waals surface area (Å²) in [6.07, 6.45) is 0. The van der Waals surface area contributed by atoms with E-state index in [0.29, 0.717) is 0 Å². The van der Waals surface area contributed by atoms with Crippen molar-refractivity contribution < 1.29 is 0 Å². The number of fused-ring (bicyclic) bond motifs is 3. The zero-order valence-corrected chi connectivity index (χ0v) is 11.7. The van der Waals surface area contributed by atoms with Crippen molar-refractivity contribution >= 4 is 47.4 Å². The van der Waals surface area contributed by atoms with E-state index in [1.54, 1.807) is 0 Å². The summed E-state index contributed by atoms with van der Waals surface area (Å²) in [5.41, 5.74) is 1.08. The first-order chi connectivity index (χ1) is 8.28. The van der Waals surface area contributed by atoms with Crippen LogP contribution in [-0.2, 0) is 0 Å². The average Bonchev–Trinajstić information content (AvgIpc) is 2.67. The highest BCUT2D eigenvalue weighted by Gasteiger charge is 2.05. The van der Waals surface area contributed by atoms with E-state index in [9.17, 15) is 0 Å². The fraction of sp³-hybridized carbons (Fsp3) is 0.0667. The van der Waals surface area contributed by atoms with Crippen LogP contribution >= 0.6 is 27.3 Å². The Morgan fingerprint density at radius 2 is 1.71 bits per heavy atom. The molecule has 0 N–H and O–H groups in total. The van der Waals surface area contributed by atoms with Gasteiger partial charge in [0, 0.05) is 30.2 Å². The summed E-state index contributed by atoms with van der Waals surface area (Å²) in [5.74, 6) is 6.06. The third kappa shape index (κ3) is 1.86. The molecule has 82 valence electrons. The van der Waals surface area contributed by atoms with Gasteiger partial charge in [0.25, 0.3) is 0 Å². The van der Waals surface area contributed by atoms with Crippen LogP contribution in [0, 0.1) is 11.8 Å². The van der Waals surface area contributed by atoms with Gasteiger partial charge in [0.2, 0.25) is 0 Å². The Morgan fingerprint density at radius 3 is 2.47 bits per heavy atom. The molecule has 17 heavy (non-hydrogen) atoms. The second kappa shape index (κ2) is 4.18. The fourth-order valence-corrected chi connectivity index (χ4v) is 3.40. The lowest BCUT2D eigenvalue weighted by molar-refractivity contribution is 1.73. The molecule has 0 spiro atoms. The average molecular weight is 301 g/mol. The van der Waals surface area contributed by atoms with Crippen LogP contribution in [0.2, 0.25) is 0 Å². The third-order valence-corrected chi connectivity index (χ3v) is 4.35. The predicted octanol–water partition coefficient (Wildman–Crippen LogP) is 5.19. The van der Waals surface area contributed by atoms with Gasteiger partial charge in [-0.15, -0.1) is 17.3 Å². The highest BCUT2D eigenvalue weighted by molar-refractivity contribution is 9.10. The standard InChI is InChI=1S/C15H9BrS/c1-2-3-10-4-6-14-12(8-10)13-9-11(16)5-7-15(13)17-14/h4-9H,1H3. The number of hydrogen-bond donors (Lipinski definition) is 0. The quantitative estimate of drug-likeness (QED) is 0.501. The van der Waals surface area contributed by atoms with E-state index in [2.05, 4.69) is 64.2 Å².